The zero-order chi connectivity index (χ0) is 23.0. The standard InChI is InChI=1S/C20H36N2O9/c1-12(25)21-17-19(28)18(27)15(11-24)31-20(17)30-7-5-3-4-6-16(26)22-9-14(29-2)8-13(22)10-23/h13-15,17-20,23-24,27-28H,3-11H2,1-2H3,(H,21,25)/t13-,14?,15?,17-,18-,19?,20+/m0/s1. The second-order valence-electron chi connectivity index (χ2n) is 8.09. The molecule has 2 heterocycles. The molecule has 5 N–H and O–H groups in total. The van der Waals surface area contributed by atoms with Crippen molar-refractivity contribution < 1.29 is 44.2 Å². The number of nitrogens with one attached hydrogen (secondary N) is 1. The summed E-state index contributed by atoms with van der Waals surface area (Å²) in [6.07, 6.45) is -1.78. The van der Waals surface area contributed by atoms with E-state index in [1.165, 1.54) is 6.92 Å². The van der Waals surface area contributed by atoms with E-state index in [1.54, 1.807) is 12.0 Å². The Balaban J connectivity index is 1.73. The summed E-state index contributed by atoms with van der Waals surface area (Å²) in [6.45, 7) is 1.45. The number of carbonyl (C=O) groups is 2. The largest absolute Gasteiger partial charge is 0.394 e. The third-order valence-electron chi connectivity index (χ3n) is 5.81. The number of rotatable bonds is 11. The zero-order valence-electron chi connectivity index (χ0n) is 18.2. The van der Waals surface area contributed by atoms with Crippen molar-refractivity contribution in [2.75, 3.05) is 33.5 Å². The van der Waals surface area contributed by atoms with Crippen LogP contribution in [0.15, 0.2) is 0 Å². The van der Waals surface area contributed by atoms with Crippen LogP contribution in [0.25, 0.3) is 0 Å². The van der Waals surface area contributed by atoms with Gasteiger partial charge in [0.15, 0.2) is 6.29 Å². The number of likely N-dealkylation sites (tertiary alicyclic amines) is 1. The van der Waals surface area contributed by atoms with Crippen LogP contribution in [0, 0.1) is 0 Å². The van der Waals surface area contributed by atoms with Crippen LogP contribution in [-0.4, -0.2) is 113 Å². The molecule has 2 aliphatic heterocycles. The predicted molar refractivity (Wildman–Crippen MR) is 108 cm³/mol. The lowest BCUT2D eigenvalue weighted by molar-refractivity contribution is -0.270. The molecule has 2 fully saturated rings. The molecule has 0 spiro atoms. The first-order chi connectivity index (χ1) is 14.8. The molecule has 2 aliphatic rings. The van der Waals surface area contributed by atoms with Crippen molar-refractivity contribution in [1.29, 1.82) is 0 Å². The topological polar surface area (TPSA) is 158 Å². The first-order valence-electron chi connectivity index (χ1n) is 10.8. The molecule has 11 nitrogen and oxygen atoms in total. The average Bonchev–Trinajstić information content (AvgIpc) is 3.18. The average molecular weight is 449 g/mol. The van der Waals surface area contributed by atoms with Gasteiger partial charge in [-0.2, -0.15) is 0 Å². The van der Waals surface area contributed by atoms with Gasteiger partial charge in [0.05, 0.1) is 25.4 Å². The van der Waals surface area contributed by atoms with E-state index in [9.17, 15) is 30.0 Å². The van der Waals surface area contributed by atoms with Crippen LogP contribution in [0.5, 0.6) is 0 Å². The maximum atomic E-state index is 12.4. The van der Waals surface area contributed by atoms with Crippen molar-refractivity contribution in [2.45, 2.75) is 81.8 Å². The maximum absolute atomic E-state index is 12.4. The van der Waals surface area contributed by atoms with E-state index in [2.05, 4.69) is 5.32 Å². The summed E-state index contributed by atoms with van der Waals surface area (Å²) in [5, 5.41) is 41.5. The Morgan fingerprint density at radius 1 is 1.13 bits per heavy atom. The lowest BCUT2D eigenvalue weighted by Crippen LogP contribution is -2.64. The zero-order valence-corrected chi connectivity index (χ0v) is 18.2. The molecule has 0 radical (unpaired) electrons. The molecule has 0 bridgehead atoms. The molecule has 0 saturated carbocycles. The molecule has 2 amide bonds. The van der Waals surface area contributed by atoms with Gasteiger partial charge in [0, 0.05) is 33.6 Å². The fourth-order valence-corrected chi connectivity index (χ4v) is 4.03. The first kappa shape index (κ1) is 25.9. The van der Waals surface area contributed by atoms with Crippen LogP contribution in [0.3, 0.4) is 0 Å². The van der Waals surface area contributed by atoms with E-state index in [1.807, 2.05) is 0 Å². The molecule has 3 unspecified atom stereocenters. The van der Waals surface area contributed by atoms with Crippen LogP contribution in [-0.2, 0) is 23.8 Å². The van der Waals surface area contributed by atoms with Gasteiger partial charge < -0.3 is 44.9 Å². The molecule has 2 rings (SSSR count). The molecule has 11 heteroatoms. The Morgan fingerprint density at radius 2 is 1.87 bits per heavy atom. The number of hydrogen-bond acceptors (Lipinski definition) is 9. The minimum absolute atomic E-state index is 0.0104. The number of methoxy groups -OCH3 is 1. The summed E-state index contributed by atoms with van der Waals surface area (Å²) >= 11 is 0. The number of nitrogens with zero attached hydrogens (tertiary/aromatic N) is 1. The molecule has 0 aromatic carbocycles. The predicted octanol–water partition coefficient (Wildman–Crippen LogP) is -1.88. The monoisotopic (exact) mass is 448 g/mol. The molecule has 180 valence electrons. The molecule has 31 heavy (non-hydrogen) atoms. The molecule has 0 aliphatic carbocycles. The number of ether oxygens (including phenoxy) is 3. The molecule has 7 atom stereocenters. The Labute approximate surface area is 182 Å². The van der Waals surface area contributed by atoms with Gasteiger partial charge in [-0.05, 0) is 19.3 Å². The van der Waals surface area contributed by atoms with Gasteiger partial charge in [0.25, 0.3) is 0 Å². The van der Waals surface area contributed by atoms with Gasteiger partial charge in [-0.3, -0.25) is 9.59 Å². The van der Waals surface area contributed by atoms with E-state index >= 15 is 0 Å². The molecular formula is C20H36N2O9. The van der Waals surface area contributed by atoms with Crippen LogP contribution in [0.4, 0.5) is 0 Å². The summed E-state index contributed by atoms with van der Waals surface area (Å²) < 4.78 is 16.4. The highest BCUT2D eigenvalue weighted by atomic mass is 16.7. The fraction of sp³-hybridized carbons (Fsp3) is 0.900. The minimum Gasteiger partial charge on any atom is -0.394 e. The number of unbranched alkanes of at least 4 members (excludes halogenated alkanes) is 2. The molecule has 2 saturated heterocycles. The number of aliphatic hydroxyl groups is 4. The Hall–Kier alpha value is -1.34. The van der Waals surface area contributed by atoms with Crippen LogP contribution in [0.2, 0.25) is 0 Å². The number of carbonyl (C=O) groups excluding carboxylic acids is 2. The van der Waals surface area contributed by atoms with Gasteiger partial charge in [0.1, 0.15) is 24.4 Å². The van der Waals surface area contributed by atoms with Gasteiger partial charge in [0.2, 0.25) is 11.8 Å². The van der Waals surface area contributed by atoms with Crippen molar-refractivity contribution in [3.05, 3.63) is 0 Å². The molecule has 0 aromatic heterocycles. The third kappa shape index (κ3) is 7.07. The molecular weight excluding hydrogens is 412 g/mol. The number of aliphatic hydroxyl groups excluding tert-OH is 4. The lowest BCUT2D eigenvalue weighted by atomic mass is 9.97. The second-order valence-corrected chi connectivity index (χ2v) is 8.09. The van der Waals surface area contributed by atoms with Crippen molar-refractivity contribution in [1.82, 2.24) is 10.2 Å². The quantitative estimate of drug-likeness (QED) is 0.228. The Bertz CT molecular complexity index is 579. The lowest BCUT2D eigenvalue weighted by Gasteiger charge is -2.42. The number of hydrogen-bond donors (Lipinski definition) is 5. The SMILES string of the molecule is COC1C[C@@H](CO)N(C(=O)CCCCCO[C@@H]2OC(CO)[C@H](O)C(O)[C@@H]2NC(C)=O)C1. The maximum Gasteiger partial charge on any atom is 0.222 e. The van der Waals surface area contributed by atoms with Gasteiger partial charge in [-0.25, -0.2) is 0 Å². The van der Waals surface area contributed by atoms with Crippen molar-refractivity contribution in [3.63, 3.8) is 0 Å². The van der Waals surface area contributed by atoms with Crippen molar-refractivity contribution >= 4 is 11.8 Å². The van der Waals surface area contributed by atoms with Crippen molar-refractivity contribution in [3.8, 4) is 0 Å². The Kier molecular flexibility index (Phi) is 10.6. The van der Waals surface area contributed by atoms with Crippen LogP contribution in [0.1, 0.15) is 39.0 Å². The van der Waals surface area contributed by atoms with Gasteiger partial charge in [-0.1, -0.05) is 6.42 Å². The van der Waals surface area contributed by atoms with Gasteiger partial charge in [-0.15, -0.1) is 0 Å². The minimum atomic E-state index is -1.35. The summed E-state index contributed by atoms with van der Waals surface area (Å²) in [4.78, 5) is 25.5. The smallest absolute Gasteiger partial charge is 0.222 e. The van der Waals surface area contributed by atoms with E-state index < -0.39 is 43.2 Å². The van der Waals surface area contributed by atoms with E-state index in [4.69, 9.17) is 14.2 Å². The second kappa shape index (κ2) is 12.6. The summed E-state index contributed by atoms with van der Waals surface area (Å²) in [5.41, 5.74) is 0. The van der Waals surface area contributed by atoms with Gasteiger partial charge >= 0.3 is 0 Å². The third-order valence-corrected chi connectivity index (χ3v) is 5.81. The van der Waals surface area contributed by atoms with Crippen molar-refractivity contribution in [2.24, 2.45) is 0 Å². The summed E-state index contributed by atoms with van der Waals surface area (Å²) in [7, 11) is 1.60. The van der Waals surface area contributed by atoms with Crippen LogP contribution < -0.4 is 5.32 Å². The van der Waals surface area contributed by atoms with E-state index in [0.29, 0.717) is 38.6 Å². The summed E-state index contributed by atoms with van der Waals surface area (Å²) in [5.74, 6) is -0.419. The highest BCUT2D eigenvalue weighted by Gasteiger charge is 2.45. The fourth-order valence-electron chi connectivity index (χ4n) is 4.03. The number of amides is 2. The highest BCUT2D eigenvalue weighted by Crippen LogP contribution is 2.23. The van der Waals surface area contributed by atoms with E-state index in [0.717, 1.165) is 0 Å². The highest BCUT2D eigenvalue weighted by molar-refractivity contribution is 5.77. The normalized spacial score (nSPS) is 33.5. The van der Waals surface area contributed by atoms with Crippen LogP contribution >= 0.6 is 0 Å². The Morgan fingerprint density at radius 3 is 2.48 bits per heavy atom. The summed E-state index contributed by atoms with van der Waals surface area (Å²) in [6, 6.07) is -1.16. The first-order valence-corrected chi connectivity index (χ1v) is 10.8. The molecule has 0 aromatic rings. The van der Waals surface area contributed by atoms with E-state index in [-0.39, 0.29) is 31.3 Å².